The summed E-state index contributed by atoms with van der Waals surface area (Å²) in [5.74, 6) is 0.00227. The number of rotatable bonds is 2. The molecule has 102 valence electrons. The summed E-state index contributed by atoms with van der Waals surface area (Å²) in [4.78, 5) is 11.3. The largest absolute Gasteiger partial charge is 0.458 e. The van der Waals surface area contributed by atoms with E-state index in [9.17, 15) is 4.79 Å². The number of fused-ring (bicyclic) bond motifs is 1. The molecule has 0 spiro atoms. The number of halogens is 1. The van der Waals surface area contributed by atoms with E-state index < -0.39 is 0 Å². The maximum absolute atomic E-state index is 11.3. The molecule has 0 N–H and O–H groups in total. The van der Waals surface area contributed by atoms with Crippen molar-refractivity contribution in [3.63, 3.8) is 0 Å². The number of carbonyl (C=O) groups is 1. The Morgan fingerprint density at radius 2 is 1.90 bits per heavy atom. The van der Waals surface area contributed by atoms with Crippen molar-refractivity contribution in [1.82, 2.24) is 0 Å². The highest BCUT2D eigenvalue weighted by molar-refractivity contribution is 6.30. The molecule has 1 aliphatic carbocycles. The minimum absolute atomic E-state index is 0.202. The van der Waals surface area contributed by atoms with Crippen molar-refractivity contribution in [2.75, 3.05) is 0 Å². The molecule has 3 heteroatoms. The second kappa shape index (κ2) is 5.29. The number of benzene rings is 2. The third kappa shape index (κ3) is 2.44. The summed E-state index contributed by atoms with van der Waals surface area (Å²) < 4.78 is 5.45. The molecule has 2 aromatic carbocycles. The molecule has 0 aliphatic heterocycles. The van der Waals surface area contributed by atoms with E-state index >= 15 is 0 Å². The molecule has 0 radical (unpaired) electrons. The van der Waals surface area contributed by atoms with Gasteiger partial charge in [0, 0.05) is 17.9 Å². The Labute approximate surface area is 123 Å². The maximum Gasteiger partial charge on any atom is 0.303 e. The van der Waals surface area contributed by atoms with Crippen LogP contribution in [0.4, 0.5) is 0 Å². The summed E-state index contributed by atoms with van der Waals surface area (Å²) >= 11 is 6.08. The molecule has 20 heavy (non-hydrogen) atoms. The van der Waals surface area contributed by atoms with Crippen LogP contribution in [0, 0.1) is 0 Å². The molecule has 0 amide bonds. The van der Waals surface area contributed by atoms with E-state index in [1.54, 1.807) is 0 Å². The molecule has 0 saturated heterocycles. The van der Waals surface area contributed by atoms with Crippen LogP contribution >= 0.6 is 11.6 Å². The van der Waals surface area contributed by atoms with Gasteiger partial charge in [0.1, 0.15) is 6.10 Å². The molecule has 0 saturated carbocycles. The molecular formula is C17H15ClO2. The summed E-state index contributed by atoms with van der Waals surface area (Å²) in [6.45, 7) is 1.44. The van der Waals surface area contributed by atoms with Crippen LogP contribution in [0.5, 0.6) is 0 Å². The van der Waals surface area contributed by atoms with Crippen LogP contribution in [-0.2, 0) is 9.53 Å². The maximum atomic E-state index is 11.3. The first-order chi connectivity index (χ1) is 9.65. The van der Waals surface area contributed by atoms with Gasteiger partial charge in [-0.05, 0) is 35.2 Å². The lowest BCUT2D eigenvalue weighted by Crippen LogP contribution is -2.05. The molecule has 2 nitrogen and oxygen atoms in total. The fourth-order valence-electron chi connectivity index (χ4n) is 2.92. The summed E-state index contributed by atoms with van der Waals surface area (Å²) in [5.41, 5.74) is 3.47. The van der Waals surface area contributed by atoms with Gasteiger partial charge < -0.3 is 4.74 Å². The van der Waals surface area contributed by atoms with Crippen LogP contribution in [0.25, 0.3) is 0 Å². The lowest BCUT2D eigenvalue weighted by Gasteiger charge is -2.12. The van der Waals surface area contributed by atoms with Crippen LogP contribution in [0.2, 0.25) is 5.02 Å². The highest BCUT2D eigenvalue weighted by Gasteiger charge is 2.33. The van der Waals surface area contributed by atoms with E-state index in [2.05, 4.69) is 12.1 Å². The molecule has 0 bridgehead atoms. The standard InChI is InChI=1S/C17H15ClO2/c1-11(19)20-17-10-15(12-5-3-2-4-6-12)14-8-7-13(18)9-16(14)17/h2-9,15,17H,10H2,1H3/t15-,17-/m1/s1. The van der Waals surface area contributed by atoms with E-state index in [1.165, 1.54) is 18.1 Å². The Balaban J connectivity index is 2.02. The highest BCUT2D eigenvalue weighted by Crippen LogP contribution is 2.46. The van der Waals surface area contributed by atoms with Crippen molar-refractivity contribution < 1.29 is 9.53 Å². The summed E-state index contributed by atoms with van der Waals surface area (Å²) in [5, 5.41) is 0.676. The number of hydrogen-bond donors (Lipinski definition) is 0. The predicted molar refractivity (Wildman–Crippen MR) is 78.9 cm³/mol. The average molecular weight is 287 g/mol. The summed E-state index contributed by atoms with van der Waals surface area (Å²) in [6.07, 6.45) is 0.575. The van der Waals surface area contributed by atoms with Crippen LogP contribution in [0.3, 0.4) is 0 Å². The number of hydrogen-bond acceptors (Lipinski definition) is 2. The van der Waals surface area contributed by atoms with E-state index in [0.29, 0.717) is 5.02 Å². The van der Waals surface area contributed by atoms with Crippen molar-refractivity contribution in [2.24, 2.45) is 0 Å². The zero-order valence-electron chi connectivity index (χ0n) is 11.2. The minimum Gasteiger partial charge on any atom is -0.458 e. The minimum atomic E-state index is -0.255. The Hall–Kier alpha value is -1.80. The third-order valence-corrected chi connectivity index (χ3v) is 3.97. The second-order valence-corrected chi connectivity index (χ2v) is 5.51. The van der Waals surface area contributed by atoms with Crippen molar-refractivity contribution in [3.05, 3.63) is 70.2 Å². The van der Waals surface area contributed by atoms with Crippen LogP contribution in [0.15, 0.2) is 48.5 Å². The van der Waals surface area contributed by atoms with E-state index in [1.807, 2.05) is 36.4 Å². The van der Waals surface area contributed by atoms with E-state index in [4.69, 9.17) is 16.3 Å². The number of esters is 1. The van der Waals surface area contributed by atoms with Crippen molar-refractivity contribution in [2.45, 2.75) is 25.4 Å². The van der Waals surface area contributed by atoms with Gasteiger partial charge >= 0.3 is 5.97 Å². The van der Waals surface area contributed by atoms with Gasteiger partial charge in [-0.1, -0.05) is 48.0 Å². The van der Waals surface area contributed by atoms with Gasteiger partial charge in [-0.2, -0.15) is 0 Å². The van der Waals surface area contributed by atoms with Gasteiger partial charge in [-0.15, -0.1) is 0 Å². The highest BCUT2D eigenvalue weighted by atomic mass is 35.5. The number of carbonyl (C=O) groups excluding carboxylic acids is 1. The van der Waals surface area contributed by atoms with Crippen molar-refractivity contribution >= 4 is 17.6 Å². The zero-order chi connectivity index (χ0) is 14.1. The fourth-order valence-corrected chi connectivity index (χ4v) is 3.10. The molecule has 1 aliphatic rings. The van der Waals surface area contributed by atoms with Crippen LogP contribution in [0.1, 0.15) is 42.1 Å². The SMILES string of the molecule is CC(=O)O[C@@H]1C[C@H](c2ccccc2)c2ccc(Cl)cc21. The topological polar surface area (TPSA) is 26.3 Å². The fraction of sp³-hybridized carbons (Fsp3) is 0.235. The quantitative estimate of drug-likeness (QED) is 0.761. The van der Waals surface area contributed by atoms with E-state index in [-0.39, 0.29) is 18.0 Å². The van der Waals surface area contributed by atoms with Gasteiger partial charge in [0.2, 0.25) is 0 Å². The second-order valence-electron chi connectivity index (χ2n) is 5.07. The van der Waals surface area contributed by atoms with Gasteiger partial charge in [0.05, 0.1) is 0 Å². The van der Waals surface area contributed by atoms with Crippen molar-refractivity contribution in [3.8, 4) is 0 Å². The van der Waals surface area contributed by atoms with E-state index in [0.717, 1.165) is 12.0 Å². The summed E-state index contributed by atoms with van der Waals surface area (Å²) in [7, 11) is 0. The first kappa shape index (κ1) is 13.2. The zero-order valence-corrected chi connectivity index (χ0v) is 11.9. The Bertz CT molecular complexity index is 637. The summed E-state index contributed by atoms with van der Waals surface area (Å²) in [6, 6.07) is 16.1. The molecule has 0 heterocycles. The molecule has 2 atom stereocenters. The van der Waals surface area contributed by atoms with Gasteiger partial charge in [-0.25, -0.2) is 0 Å². The Morgan fingerprint density at radius 3 is 2.60 bits per heavy atom. The molecule has 0 unspecified atom stereocenters. The van der Waals surface area contributed by atoms with Crippen LogP contribution < -0.4 is 0 Å². The van der Waals surface area contributed by atoms with Crippen LogP contribution in [-0.4, -0.2) is 5.97 Å². The average Bonchev–Trinajstić information content (AvgIpc) is 2.77. The van der Waals surface area contributed by atoms with Gasteiger partial charge in [0.15, 0.2) is 0 Å². The molecule has 3 rings (SSSR count). The first-order valence-corrected chi connectivity index (χ1v) is 7.04. The lowest BCUT2D eigenvalue weighted by molar-refractivity contribution is -0.146. The van der Waals surface area contributed by atoms with Gasteiger partial charge in [0.25, 0.3) is 0 Å². The Morgan fingerprint density at radius 1 is 1.15 bits per heavy atom. The molecule has 0 aromatic heterocycles. The molecular weight excluding hydrogens is 272 g/mol. The normalized spacial score (nSPS) is 20.5. The predicted octanol–water partition coefficient (Wildman–Crippen LogP) is 4.48. The smallest absolute Gasteiger partial charge is 0.303 e. The van der Waals surface area contributed by atoms with Crippen molar-refractivity contribution in [1.29, 1.82) is 0 Å². The van der Waals surface area contributed by atoms with Gasteiger partial charge in [-0.3, -0.25) is 4.79 Å². The molecule has 0 fully saturated rings. The first-order valence-electron chi connectivity index (χ1n) is 6.66. The molecule has 2 aromatic rings. The third-order valence-electron chi connectivity index (χ3n) is 3.73. The lowest BCUT2D eigenvalue weighted by atomic mass is 9.93. The Kier molecular flexibility index (Phi) is 3.49. The monoisotopic (exact) mass is 286 g/mol. The number of ether oxygens (including phenoxy) is 1.